The van der Waals surface area contributed by atoms with Gasteiger partial charge in [-0.3, -0.25) is 4.79 Å². The zero-order chi connectivity index (χ0) is 12.9. The average molecular weight is 237 g/mol. The molecule has 0 aromatic heterocycles. The van der Waals surface area contributed by atoms with E-state index in [9.17, 15) is 4.79 Å². The monoisotopic (exact) mass is 237 g/mol. The zero-order valence-electron chi connectivity index (χ0n) is 11.1. The van der Waals surface area contributed by atoms with Gasteiger partial charge in [0.25, 0.3) is 0 Å². The molecule has 4 heteroatoms. The molecule has 0 heterocycles. The summed E-state index contributed by atoms with van der Waals surface area (Å²) in [6.07, 6.45) is 3.42. The van der Waals surface area contributed by atoms with Gasteiger partial charge in [0, 0.05) is 19.1 Å². The molecule has 17 heavy (non-hydrogen) atoms. The lowest BCUT2D eigenvalue weighted by Crippen LogP contribution is -2.42. The number of likely N-dealkylation sites (N-methyl/N-ethyl adjacent to an activating group) is 1. The standard InChI is InChI=1S/C13H23N3O/c1-11(2)16(3)9-8-15-12(17)13(10-14)6-4-5-7-13/h11H,4-9H2,1-3H3,(H,15,17). The lowest BCUT2D eigenvalue weighted by Gasteiger charge is -2.23. The second-order valence-corrected chi connectivity index (χ2v) is 5.23. The molecule has 0 aliphatic heterocycles. The molecule has 1 aliphatic rings. The molecular weight excluding hydrogens is 214 g/mol. The van der Waals surface area contributed by atoms with E-state index in [1.54, 1.807) is 0 Å². The third-order valence-electron chi connectivity index (χ3n) is 3.74. The SMILES string of the molecule is CC(C)N(C)CCNC(=O)C1(C#N)CCCC1. The van der Waals surface area contributed by atoms with E-state index in [-0.39, 0.29) is 5.91 Å². The molecule has 0 unspecified atom stereocenters. The largest absolute Gasteiger partial charge is 0.353 e. The maximum Gasteiger partial charge on any atom is 0.240 e. The zero-order valence-corrected chi connectivity index (χ0v) is 11.1. The number of amides is 1. The highest BCUT2D eigenvalue weighted by atomic mass is 16.2. The van der Waals surface area contributed by atoms with Crippen LogP contribution in [-0.4, -0.2) is 37.0 Å². The molecule has 1 saturated carbocycles. The lowest BCUT2D eigenvalue weighted by molar-refractivity contribution is -0.128. The van der Waals surface area contributed by atoms with Crippen LogP contribution < -0.4 is 5.32 Å². The fourth-order valence-corrected chi connectivity index (χ4v) is 2.14. The van der Waals surface area contributed by atoms with E-state index in [4.69, 9.17) is 5.26 Å². The highest BCUT2D eigenvalue weighted by molar-refractivity contribution is 5.85. The Bertz CT molecular complexity index is 300. The molecule has 1 aliphatic carbocycles. The van der Waals surface area contributed by atoms with Crippen LogP contribution in [0.25, 0.3) is 0 Å². The second-order valence-electron chi connectivity index (χ2n) is 5.23. The summed E-state index contributed by atoms with van der Waals surface area (Å²) in [7, 11) is 2.03. The van der Waals surface area contributed by atoms with Crippen LogP contribution in [-0.2, 0) is 4.79 Å². The number of carbonyl (C=O) groups is 1. The van der Waals surface area contributed by atoms with Crippen LogP contribution >= 0.6 is 0 Å². The molecule has 1 rings (SSSR count). The van der Waals surface area contributed by atoms with Gasteiger partial charge in [-0.1, -0.05) is 12.8 Å². The molecule has 0 aromatic rings. The van der Waals surface area contributed by atoms with E-state index < -0.39 is 5.41 Å². The van der Waals surface area contributed by atoms with Gasteiger partial charge >= 0.3 is 0 Å². The predicted molar refractivity (Wildman–Crippen MR) is 67.3 cm³/mol. The van der Waals surface area contributed by atoms with Crippen LogP contribution in [0.5, 0.6) is 0 Å². The van der Waals surface area contributed by atoms with E-state index in [0.717, 1.165) is 32.2 Å². The van der Waals surface area contributed by atoms with Crippen molar-refractivity contribution in [2.75, 3.05) is 20.1 Å². The summed E-state index contributed by atoms with van der Waals surface area (Å²) < 4.78 is 0. The van der Waals surface area contributed by atoms with Gasteiger partial charge in [-0.25, -0.2) is 0 Å². The summed E-state index contributed by atoms with van der Waals surface area (Å²) in [6.45, 7) is 5.69. The first-order chi connectivity index (χ1) is 8.02. The molecule has 0 spiro atoms. The summed E-state index contributed by atoms with van der Waals surface area (Å²) >= 11 is 0. The first-order valence-electron chi connectivity index (χ1n) is 6.41. The molecule has 0 bridgehead atoms. The molecule has 1 fully saturated rings. The first kappa shape index (κ1) is 14.0. The van der Waals surface area contributed by atoms with Crippen molar-refractivity contribution < 1.29 is 4.79 Å². The number of nitriles is 1. The van der Waals surface area contributed by atoms with Crippen molar-refractivity contribution >= 4 is 5.91 Å². The van der Waals surface area contributed by atoms with Gasteiger partial charge < -0.3 is 10.2 Å². The summed E-state index contributed by atoms with van der Waals surface area (Å²) in [5.41, 5.74) is -0.740. The highest BCUT2D eigenvalue weighted by Gasteiger charge is 2.41. The molecule has 1 N–H and O–H groups in total. The van der Waals surface area contributed by atoms with Crippen molar-refractivity contribution in [3.8, 4) is 6.07 Å². The van der Waals surface area contributed by atoms with Crippen LogP contribution in [0.1, 0.15) is 39.5 Å². The number of hydrogen-bond acceptors (Lipinski definition) is 3. The fourth-order valence-electron chi connectivity index (χ4n) is 2.14. The molecule has 0 aromatic carbocycles. The third-order valence-corrected chi connectivity index (χ3v) is 3.74. The normalized spacial score (nSPS) is 18.4. The molecule has 0 radical (unpaired) electrons. The van der Waals surface area contributed by atoms with E-state index in [0.29, 0.717) is 12.6 Å². The van der Waals surface area contributed by atoms with Crippen molar-refractivity contribution in [3.05, 3.63) is 0 Å². The van der Waals surface area contributed by atoms with E-state index in [2.05, 4.69) is 30.1 Å². The number of nitrogens with zero attached hydrogens (tertiary/aromatic N) is 2. The van der Waals surface area contributed by atoms with Crippen molar-refractivity contribution in [1.29, 1.82) is 5.26 Å². The Hall–Kier alpha value is -1.08. The number of rotatable bonds is 5. The Kier molecular flexibility index (Phi) is 4.95. The Morgan fingerprint density at radius 2 is 2.06 bits per heavy atom. The second kappa shape index (κ2) is 6.02. The van der Waals surface area contributed by atoms with Gasteiger partial charge in [0.2, 0.25) is 5.91 Å². The minimum Gasteiger partial charge on any atom is -0.353 e. The van der Waals surface area contributed by atoms with Crippen molar-refractivity contribution in [2.24, 2.45) is 5.41 Å². The molecule has 0 atom stereocenters. The van der Waals surface area contributed by atoms with Gasteiger partial charge in [-0.15, -0.1) is 0 Å². The molecule has 1 amide bonds. The van der Waals surface area contributed by atoms with Gasteiger partial charge in [-0.05, 0) is 33.7 Å². The van der Waals surface area contributed by atoms with Crippen LogP contribution in [0.3, 0.4) is 0 Å². The minimum absolute atomic E-state index is 0.0744. The summed E-state index contributed by atoms with van der Waals surface area (Å²) in [5, 5.41) is 12.1. The maximum atomic E-state index is 12.0. The number of hydrogen-bond donors (Lipinski definition) is 1. The fraction of sp³-hybridized carbons (Fsp3) is 0.846. The Labute approximate surface area is 104 Å². The van der Waals surface area contributed by atoms with Crippen molar-refractivity contribution in [3.63, 3.8) is 0 Å². The van der Waals surface area contributed by atoms with E-state index in [1.807, 2.05) is 7.05 Å². The topological polar surface area (TPSA) is 56.1 Å². The van der Waals surface area contributed by atoms with Gasteiger partial charge in [0.05, 0.1) is 6.07 Å². The first-order valence-corrected chi connectivity index (χ1v) is 6.41. The Balaban J connectivity index is 2.37. The van der Waals surface area contributed by atoms with Crippen LogP contribution in [0, 0.1) is 16.7 Å². The van der Waals surface area contributed by atoms with Gasteiger partial charge in [-0.2, -0.15) is 5.26 Å². The van der Waals surface area contributed by atoms with Crippen LogP contribution in [0.2, 0.25) is 0 Å². The molecule has 96 valence electrons. The Morgan fingerprint density at radius 3 is 2.53 bits per heavy atom. The predicted octanol–water partition coefficient (Wildman–Crippen LogP) is 1.53. The quantitative estimate of drug-likeness (QED) is 0.789. The highest BCUT2D eigenvalue weighted by Crippen LogP contribution is 2.37. The van der Waals surface area contributed by atoms with Crippen LogP contribution in [0.15, 0.2) is 0 Å². The summed E-state index contributed by atoms with van der Waals surface area (Å²) in [6, 6.07) is 2.69. The van der Waals surface area contributed by atoms with Gasteiger partial charge in [0.1, 0.15) is 5.41 Å². The maximum absolute atomic E-state index is 12.0. The molecular formula is C13H23N3O. The Morgan fingerprint density at radius 1 is 1.47 bits per heavy atom. The number of carbonyl (C=O) groups excluding carboxylic acids is 1. The number of nitrogens with one attached hydrogen (secondary N) is 1. The minimum atomic E-state index is -0.740. The molecule has 4 nitrogen and oxygen atoms in total. The summed E-state index contributed by atoms with van der Waals surface area (Å²) in [4.78, 5) is 14.2. The van der Waals surface area contributed by atoms with E-state index >= 15 is 0 Å². The molecule has 0 saturated heterocycles. The van der Waals surface area contributed by atoms with Crippen LogP contribution in [0.4, 0.5) is 0 Å². The van der Waals surface area contributed by atoms with Crippen molar-refractivity contribution in [2.45, 2.75) is 45.6 Å². The van der Waals surface area contributed by atoms with Crippen molar-refractivity contribution in [1.82, 2.24) is 10.2 Å². The smallest absolute Gasteiger partial charge is 0.240 e. The third kappa shape index (κ3) is 3.44. The summed E-state index contributed by atoms with van der Waals surface area (Å²) in [5.74, 6) is -0.0744. The lowest BCUT2D eigenvalue weighted by atomic mass is 9.87. The van der Waals surface area contributed by atoms with E-state index in [1.165, 1.54) is 0 Å². The average Bonchev–Trinajstić information content (AvgIpc) is 2.78. The van der Waals surface area contributed by atoms with Gasteiger partial charge in [0.15, 0.2) is 0 Å².